The molecule has 1 aromatic rings. The summed E-state index contributed by atoms with van der Waals surface area (Å²) in [6, 6.07) is 4.91. The number of halogens is 1. The van der Waals surface area contributed by atoms with Crippen LogP contribution in [0.5, 0.6) is 0 Å². The second kappa shape index (κ2) is 8.42. The van der Waals surface area contributed by atoms with Gasteiger partial charge in [-0.05, 0) is 43.4 Å². The fourth-order valence-corrected chi connectivity index (χ4v) is 2.29. The van der Waals surface area contributed by atoms with E-state index in [1.165, 1.54) is 12.1 Å². The van der Waals surface area contributed by atoms with Crippen molar-refractivity contribution in [1.82, 2.24) is 10.6 Å². The molecule has 0 saturated heterocycles. The zero-order valence-corrected chi connectivity index (χ0v) is 12.0. The number of carbonyl (C=O) groups excluding carboxylic acids is 2. The molecular weight excluding hydrogens is 281 g/mol. The molecule has 0 radical (unpaired) electrons. The molecule has 0 aliphatic heterocycles. The van der Waals surface area contributed by atoms with Crippen LogP contribution < -0.4 is 16.4 Å². The van der Waals surface area contributed by atoms with Crippen LogP contribution in [0.2, 0.25) is 0 Å². The van der Waals surface area contributed by atoms with Crippen LogP contribution in [0.15, 0.2) is 29.2 Å². The lowest BCUT2D eigenvalue weighted by Crippen LogP contribution is -2.46. The van der Waals surface area contributed by atoms with Crippen LogP contribution in [0.1, 0.15) is 13.3 Å². The van der Waals surface area contributed by atoms with E-state index in [1.54, 1.807) is 30.8 Å². The van der Waals surface area contributed by atoms with Crippen molar-refractivity contribution in [2.24, 2.45) is 5.73 Å². The molecule has 20 heavy (non-hydrogen) atoms. The minimum Gasteiger partial charge on any atom is -0.354 e. The Morgan fingerprint density at radius 1 is 1.35 bits per heavy atom. The summed E-state index contributed by atoms with van der Waals surface area (Å²) in [5, 5.41) is 5.00. The Hall–Kier alpha value is -1.76. The van der Waals surface area contributed by atoms with Crippen molar-refractivity contribution in [3.63, 3.8) is 0 Å². The molecule has 5 nitrogen and oxygen atoms in total. The zero-order chi connectivity index (χ0) is 15.0. The Bertz CT molecular complexity index is 453. The fraction of sp³-hybridized carbons (Fsp3) is 0.385. The van der Waals surface area contributed by atoms with E-state index in [2.05, 4.69) is 10.6 Å². The maximum Gasteiger partial charge on any atom is 0.312 e. The number of nitrogens with one attached hydrogen (secondary N) is 2. The van der Waals surface area contributed by atoms with E-state index in [1.807, 2.05) is 0 Å². The van der Waals surface area contributed by atoms with Crippen molar-refractivity contribution >= 4 is 23.7 Å². The van der Waals surface area contributed by atoms with Gasteiger partial charge in [0.1, 0.15) is 11.9 Å². The van der Waals surface area contributed by atoms with Gasteiger partial charge in [0.05, 0.1) is 0 Å². The van der Waals surface area contributed by atoms with Crippen LogP contribution in [0.3, 0.4) is 0 Å². The van der Waals surface area contributed by atoms with Crippen LogP contribution >= 0.6 is 11.8 Å². The lowest BCUT2D eigenvalue weighted by molar-refractivity contribution is -0.122. The second-order valence-electron chi connectivity index (χ2n) is 4.18. The van der Waals surface area contributed by atoms with E-state index in [-0.39, 0.29) is 11.7 Å². The van der Waals surface area contributed by atoms with Crippen LogP contribution in [0, 0.1) is 5.82 Å². The lowest BCUT2D eigenvalue weighted by atomic mass is 10.3. The number of urea groups is 1. The molecule has 1 rings (SSSR count). The molecule has 7 heteroatoms. The molecule has 0 spiro atoms. The molecule has 0 bridgehead atoms. The smallest absolute Gasteiger partial charge is 0.312 e. The van der Waals surface area contributed by atoms with Crippen molar-refractivity contribution in [2.45, 2.75) is 24.3 Å². The van der Waals surface area contributed by atoms with Crippen LogP contribution in [-0.4, -0.2) is 30.3 Å². The van der Waals surface area contributed by atoms with Crippen molar-refractivity contribution in [1.29, 1.82) is 0 Å². The molecule has 0 fully saturated rings. The molecule has 0 saturated carbocycles. The van der Waals surface area contributed by atoms with E-state index in [9.17, 15) is 14.0 Å². The molecular formula is C13H18FN3O2S. The summed E-state index contributed by atoms with van der Waals surface area (Å²) in [4.78, 5) is 23.1. The second-order valence-corrected chi connectivity index (χ2v) is 5.35. The first-order valence-corrected chi connectivity index (χ1v) is 7.19. The predicted molar refractivity (Wildman–Crippen MR) is 76.9 cm³/mol. The molecule has 0 aromatic heterocycles. The van der Waals surface area contributed by atoms with Crippen LogP contribution in [0.25, 0.3) is 0 Å². The molecule has 0 aliphatic rings. The van der Waals surface area contributed by atoms with Gasteiger partial charge in [0.15, 0.2) is 0 Å². The number of rotatable bonds is 7. The Labute approximate surface area is 121 Å². The van der Waals surface area contributed by atoms with Crippen molar-refractivity contribution < 1.29 is 14.0 Å². The minimum atomic E-state index is -0.723. The van der Waals surface area contributed by atoms with Crippen molar-refractivity contribution in [3.8, 4) is 0 Å². The average Bonchev–Trinajstić information content (AvgIpc) is 2.39. The van der Waals surface area contributed by atoms with Gasteiger partial charge in [0, 0.05) is 11.4 Å². The molecule has 1 aromatic carbocycles. The SMILES string of the molecule is CC(NC(N)=O)C(=O)NCCCSc1ccc(F)cc1. The first-order valence-electron chi connectivity index (χ1n) is 6.21. The molecule has 3 amide bonds. The lowest BCUT2D eigenvalue weighted by Gasteiger charge is -2.12. The van der Waals surface area contributed by atoms with Gasteiger partial charge < -0.3 is 16.4 Å². The van der Waals surface area contributed by atoms with Crippen molar-refractivity contribution in [3.05, 3.63) is 30.1 Å². The van der Waals surface area contributed by atoms with E-state index in [0.29, 0.717) is 6.54 Å². The normalized spacial score (nSPS) is 11.7. The first-order chi connectivity index (χ1) is 9.49. The Balaban J connectivity index is 2.14. The van der Waals surface area contributed by atoms with Gasteiger partial charge in [0.2, 0.25) is 5.91 Å². The molecule has 1 atom stereocenters. The summed E-state index contributed by atoms with van der Waals surface area (Å²) in [5.74, 6) is 0.289. The number of nitrogens with two attached hydrogens (primary N) is 1. The maximum absolute atomic E-state index is 12.7. The maximum atomic E-state index is 12.7. The number of amides is 3. The molecule has 4 N–H and O–H groups in total. The van der Waals surface area contributed by atoms with Gasteiger partial charge in [-0.25, -0.2) is 9.18 Å². The van der Waals surface area contributed by atoms with Gasteiger partial charge in [-0.2, -0.15) is 0 Å². The highest BCUT2D eigenvalue weighted by atomic mass is 32.2. The molecule has 0 heterocycles. The predicted octanol–water partition coefficient (Wildman–Crippen LogP) is 1.48. The third-order valence-corrected chi connectivity index (χ3v) is 3.55. The van der Waals surface area contributed by atoms with Crippen molar-refractivity contribution in [2.75, 3.05) is 12.3 Å². The zero-order valence-electron chi connectivity index (χ0n) is 11.2. The highest BCUT2D eigenvalue weighted by Crippen LogP contribution is 2.18. The summed E-state index contributed by atoms with van der Waals surface area (Å²) in [6.07, 6.45) is 0.775. The standard InChI is InChI=1S/C13H18FN3O2S/c1-9(17-13(15)19)12(18)16-7-2-8-20-11-5-3-10(14)4-6-11/h3-6,9H,2,7-8H2,1H3,(H,16,18)(H3,15,17,19). The van der Waals surface area contributed by atoms with Crippen LogP contribution in [0.4, 0.5) is 9.18 Å². The van der Waals surface area contributed by atoms with E-state index in [0.717, 1.165) is 17.1 Å². The van der Waals surface area contributed by atoms with Crippen LogP contribution in [-0.2, 0) is 4.79 Å². The topological polar surface area (TPSA) is 84.2 Å². The third-order valence-electron chi connectivity index (χ3n) is 2.45. The monoisotopic (exact) mass is 299 g/mol. The van der Waals surface area contributed by atoms with Gasteiger partial charge in [-0.3, -0.25) is 4.79 Å². The summed E-state index contributed by atoms with van der Waals surface area (Å²) in [5.41, 5.74) is 4.92. The minimum absolute atomic E-state index is 0.252. The summed E-state index contributed by atoms with van der Waals surface area (Å²) < 4.78 is 12.7. The quantitative estimate of drug-likeness (QED) is 0.527. The van der Waals surface area contributed by atoms with E-state index < -0.39 is 12.1 Å². The fourth-order valence-electron chi connectivity index (χ4n) is 1.44. The Morgan fingerprint density at radius 3 is 2.60 bits per heavy atom. The average molecular weight is 299 g/mol. The summed E-state index contributed by atoms with van der Waals surface area (Å²) in [6.45, 7) is 2.07. The third kappa shape index (κ3) is 6.42. The van der Waals surface area contributed by atoms with Gasteiger partial charge in [0.25, 0.3) is 0 Å². The van der Waals surface area contributed by atoms with Gasteiger partial charge in [-0.1, -0.05) is 0 Å². The number of thioether (sulfide) groups is 1. The number of carbonyl (C=O) groups is 2. The number of hydrogen-bond donors (Lipinski definition) is 3. The highest BCUT2D eigenvalue weighted by molar-refractivity contribution is 7.99. The summed E-state index contributed by atoms with van der Waals surface area (Å²) in [7, 11) is 0. The van der Waals surface area contributed by atoms with E-state index >= 15 is 0 Å². The van der Waals surface area contributed by atoms with Gasteiger partial charge in [-0.15, -0.1) is 11.8 Å². The number of hydrogen-bond acceptors (Lipinski definition) is 3. The number of primary amides is 1. The van der Waals surface area contributed by atoms with Gasteiger partial charge >= 0.3 is 6.03 Å². The molecule has 0 aliphatic carbocycles. The summed E-state index contributed by atoms with van der Waals surface area (Å²) >= 11 is 1.59. The Morgan fingerprint density at radius 2 is 2.00 bits per heavy atom. The molecule has 1 unspecified atom stereocenters. The Kier molecular flexibility index (Phi) is 6.86. The highest BCUT2D eigenvalue weighted by Gasteiger charge is 2.12. The number of benzene rings is 1. The van der Waals surface area contributed by atoms with E-state index in [4.69, 9.17) is 5.73 Å². The molecule has 110 valence electrons. The first kappa shape index (κ1) is 16.3. The largest absolute Gasteiger partial charge is 0.354 e.